The fourth-order valence-corrected chi connectivity index (χ4v) is 4.04. The van der Waals surface area contributed by atoms with E-state index < -0.39 is 24.0 Å². The third-order valence-corrected chi connectivity index (χ3v) is 5.30. The Morgan fingerprint density at radius 2 is 1.61 bits per heavy atom. The Kier molecular flexibility index (Phi) is 4.86. The molecule has 0 radical (unpaired) electrons. The molecule has 1 fully saturated rings. The minimum absolute atomic E-state index is 0.102. The van der Waals surface area contributed by atoms with Gasteiger partial charge in [0.05, 0.1) is 6.61 Å². The highest BCUT2D eigenvalue weighted by molar-refractivity contribution is 5.99. The van der Waals surface area contributed by atoms with Crippen molar-refractivity contribution in [1.82, 2.24) is 4.90 Å². The molecule has 0 unspecified atom stereocenters. The molecule has 28 heavy (non-hydrogen) atoms. The molecule has 2 aliphatic rings. The zero-order chi connectivity index (χ0) is 19.7. The first-order chi connectivity index (χ1) is 13.6. The molecule has 0 aromatic heterocycles. The van der Waals surface area contributed by atoms with E-state index in [1.54, 1.807) is 6.92 Å². The molecule has 1 saturated heterocycles. The number of carbonyl (C=O) groups is 3. The largest absolute Gasteiger partial charge is 0.464 e. The van der Waals surface area contributed by atoms with Gasteiger partial charge in [0.25, 0.3) is 0 Å². The van der Waals surface area contributed by atoms with Crippen LogP contribution in [0.25, 0.3) is 11.1 Å². The highest BCUT2D eigenvalue weighted by atomic mass is 16.6. The Hall–Kier alpha value is -3.15. The van der Waals surface area contributed by atoms with Crippen LogP contribution in [0.1, 0.15) is 36.8 Å². The maximum absolute atomic E-state index is 12.6. The van der Waals surface area contributed by atoms with Gasteiger partial charge in [-0.15, -0.1) is 0 Å². The highest BCUT2D eigenvalue weighted by Crippen LogP contribution is 2.44. The molecule has 0 N–H and O–H groups in total. The van der Waals surface area contributed by atoms with Crippen LogP contribution >= 0.6 is 0 Å². The molecule has 6 heteroatoms. The lowest BCUT2D eigenvalue weighted by atomic mass is 9.98. The van der Waals surface area contributed by atoms with Crippen molar-refractivity contribution in [3.05, 3.63) is 59.7 Å². The number of nitrogens with zero attached hydrogens (tertiary/aromatic N) is 1. The van der Waals surface area contributed by atoms with Crippen LogP contribution in [0.5, 0.6) is 0 Å². The van der Waals surface area contributed by atoms with Gasteiger partial charge in [-0.05, 0) is 35.6 Å². The lowest BCUT2D eigenvalue weighted by molar-refractivity contribution is -0.150. The zero-order valence-corrected chi connectivity index (χ0v) is 15.6. The fourth-order valence-electron chi connectivity index (χ4n) is 4.04. The van der Waals surface area contributed by atoms with Gasteiger partial charge in [-0.25, -0.2) is 14.5 Å². The number of rotatable bonds is 4. The van der Waals surface area contributed by atoms with Crippen molar-refractivity contribution in [3.8, 4) is 11.1 Å². The molecule has 1 heterocycles. The number of imide groups is 1. The number of carbonyl (C=O) groups excluding carboxylic acids is 3. The van der Waals surface area contributed by atoms with E-state index in [0.29, 0.717) is 0 Å². The first kappa shape index (κ1) is 18.2. The highest BCUT2D eigenvalue weighted by Gasteiger charge is 2.42. The summed E-state index contributed by atoms with van der Waals surface area (Å²) in [4.78, 5) is 37.8. The van der Waals surface area contributed by atoms with E-state index in [9.17, 15) is 14.4 Å². The van der Waals surface area contributed by atoms with E-state index in [1.165, 1.54) is 0 Å². The quantitative estimate of drug-likeness (QED) is 0.761. The van der Waals surface area contributed by atoms with Crippen molar-refractivity contribution in [3.63, 3.8) is 0 Å². The van der Waals surface area contributed by atoms with E-state index in [-0.39, 0.29) is 32.0 Å². The molecule has 1 atom stereocenters. The molecule has 1 aliphatic heterocycles. The minimum Gasteiger partial charge on any atom is -0.464 e. The molecule has 0 bridgehead atoms. The number of fused-ring (bicyclic) bond motifs is 3. The van der Waals surface area contributed by atoms with Gasteiger partial charge in [0.2, 0.25) is 5.91 Å². The number of likely N-dealkylation sites (tertiary alicyclic amines) is 1. The van der Waals surface area contributed by atoms with Crippen LogP contribution in [0.3, 0.4) is 0 Å². The van der Waals surface area contributed by atoms with Crippen LogP contribution in [0.15, 0.2) is 48.5 Å². The topological polar surface area (TPSA) is 72.9 Å². The first-order valence-corrected chi connectivity index (χ1v) is 9.45. The molecule has 0 saturated carbocycles. The van der Waals surface area contributed by atoms with Crippen molar-refractivity contribution in [2.45, 2.75) is 31.7 Å². The summed E-state index contributed by atoms with van der Waals surface area (Å²) >= 11 is 0. The van der Waals surface area contributed by atoms with E-state index in [0.717, 1.165) is 27.2 Å². The Balaban J connectivity index is 1.52. The lowest BCUT2D eigenvalue weighted by Crippen LogP contribution is -2.44. The smallest absolute Gasteiger partial charge is 0.417 e. The van der Waals surface area contributed by atoms with Gasteiger partial charge < -0.3 is 9.47 Å². The summed E-state index contributed by atoms with van der Waals surface area (Å²) in [6.07, 6.45) is -0.391. The zero-order valence-electron chi connectivity index (χ0n) is 15.6. The number of amides is 2. The molecule has 0 spiro atoms. The number of hydrogen-bond donors (Lipinski definition) is 0. The summed E-state index contributed by atoms with van der Waals surface area (Å²) in [7, 11) is 0. The average molecular weight is 379 g/mol. The van der Waals surface area contributed by atoms with Crippen LogP contribution in [0, 0.1) is 0 Å². The minimum atomic E-state index is -0.900. The molecule has 4 rings (SSSR count). The number of hydrogen-bond acceptors (Lipinski definition) is 5. The van der Waals surface area contributed by atoms with Crippen molar-refractivity contribution in [2.24, 2.45) is 0 Å². The monoisotopic (exact) mass is 379 g/mol. The summed E-state index contributed by atoms with van der Waals surface area (Å²) in [6.45, 7) is 1.99. The van der Waals surface area contributed by atoms with E-state index in [1.807, 2.05) is 36.4 Å². The Labute approximate surface area is 163 Å². The van der Waals surface area contributed by atoms with Crippen LogP contribution in [-0.2, 0) is 19.1 Å². The van der Waals surface area contributed by atoms with Gasteiger partial charge in [0.15, 0.2) is 0 Å². The van der Waals surface area contributed by atoms with Crippen molar-refractivity contribution >= 4 is 18.0 Å². The SMILES string of the molecule is CCOC(=O)[C@@H]1CCC(=O)N1C(=O)OCC1c2ccccc2-c2ccccc21. The van der Waals surface area contributed by atoms with Gasteiger partial charge in [0.1, 0.15) is 12.6 Å². The molecule has 6 nitrogen and oxygen atoms in total. The summed E-state index contributed by atoms with van der Waals surface area (Å²) in [6, 6.07) is 15.1. The Bertz CT molecular complexity index is 893. The van der Waals surface area contributed by atoms with E-state index in [4.69, 9.17) is 9.47 Å². The maximum Gasteiger partial charge on any atom is 0.417 e. The number of benzene rings is 2. The Morgan fingerprint density at radius 1 is 1.00 bits per heavy atom. The standard InChI is InChI=1S/C22H21NO5/c1-2-27-21(25)19-11-12-20(24)23(19)22(26)28-13-18-16-9-5-3-7-14(16)15-8-4-6-10-17(15)18/h3-10,18-19H,2,11-13H2,1H3/t19-/m0/s1. The third-order valence-electron chi connectivity index (χ3n) is 5.30. The number of ether oxygens (including phenoxy) is 2. The van der Waals surface area contributed by atoms with Crippen LogP contribution in [-0.4, -0.2) is 42.1 Å². The maximum atomic E-state index is 12.6. The van der Waals surface area contributed by atoms with Crippen molar-refractivity contribution in [1.29, 1.82) is 0 Å². The summed E-state index contributed by atoms with van der Waals surface area (Å²) < 4.78 is 10.5. The predicted molar refractivity (Wildman–Crippen MR) is 102 cm³/mol. The summed E-state index contributed by atoms with van der Waals surface area (Å²) in [5.41, 5.74) is 4.43. The molecule has 1 aliphatic carbocycles. The second kappa shape index (κ2) is 7.46. The van der Waals surface area contributed by atoms with Gasteiger partial charge in [0, 0.05) is 12.3 Å². The van der Waals surface area contributed by atoms with E-state index in [2.05, 4.69) is 12.1 Å². The molecular weight excluding hydrogens is 358 g/mol. The second-order valence-corrected chi connectivity index (χ2v) is 6.87. The molecule has 2 aromatic rings. The molecule has 2 aromatic carbocycles. The van der Waals surface area contributed by atoms with Gasteiger partial charge in [-0.1, -0.05) is 48.5 Å². The van der Waals surface area contributed by atoms with Crippen molar-refractivity contribution in [2.75, 3.05) is 13.2 Å². The van der Waals surface area contributed by atoms with Gasteiger partial charge >= 0.3 is 12.1 Å². The molecular formula is C22H21NO5. The Morgan fingerprint density at radius 3 is 2.21 bits per heavy atom. The predicted octanol–water partition coefficient (Wildman–Crippen LogP) is 3.49. The first-order valence-electron chi connectivity index (χ1n) is 9.45. The van der Waals surface area contributed by atoms with Gasteiger partial charge in [-0.2, -0.15) is 0 Å². The van der Waals surface area contributed by atoms with Crippen LogP contribution in [0.4, 0.5) is 4.79 Å². The summed E-state index contributed by atoms with van der Waals surface area (Å²) in [5, 5.41) is 0. The average Bonchev–Trinajstić information content (AvgIpc) is 3.25. The summed E-state index contributed by atoms with van der Waals surface area (Å²) in [5.74, 6) is -1.08. The molecule has 2 amide bonds. The second-order valence-electron chi connectivity index (χ2n) is 6.87. The lowest BCUT2D eigenvalue weighted by Gasteiger charge is -2.22. The van der Waals surface area contributed by atoms with Crippen molar-refractivity contribution < 1.29 is 23.9 Å². The van der Waals surface area contributed by atoms with Crippen LogP contribution in [0.2, 0.25) is 0 Å². The van der Waals surface area contributed by atoms with Gasteiger partial charge in [-0.3, -0.25) is 4.79 Å². The van der Waals surface area contributed by atoms with Crippen LogP contribution < -0.4 is 0 Å². The number of esters is 1. The molecule has 144 valence electrons. The fraction of sp³-hybridized carbons (Fsp3) is 0.318. The van der Waals surface area contributed by atoms with E-state index >= 15 is 0 Å². The third kappa shape index (κ3) is 3.05. The normalized spacial score (nSPS) is 18.0.